The van der Waals surface area contributed by atoms with Crippen LogP contribution in [0.5, 0.6) is 0 Å². The molecule has 0 spiro atoms. The number of aryl methyl sites for hydroxylation is 1. The molecule has 0 fully saturated rings. The summed E-state index contributed by atoms with van der Waals surface area (Å²) in [5.74, 6) is -1.32. The Bertz CT molecular complexity index is 354. The molecule has 0 saturated carbocycles. The quantitative estimate of drug-likeness (QED) is 0.433. The summed E-state index contributed by atoms with van der Waals surface area (Å²) in [5.41, 5.74) is 1.89. The minimum Gasteiger partial charge on any atom is -0.468 e. The molecule has 1 aromatic rings. The number of ether oxygens (including phenoxy) is 1. The molecule has 3 heteroatoms. The zero-order valence-electron chi connectivity index (χ0n) is 9.60. The SMILES string of the molecule is CCCc1ccc(C(C=O)C(=O)OC)cc1. The van der Waals surface area contributed by atoms with Crippen LogP contribution in [0.4, 0.5) is 0 Å². The molecule has 0 saturated heterocycles. The first-order valence-electron chi connectivity index (χ1n) is 5.34. The summed E-state index contributed by atoms with van der Waals surface area (Å²) < 4.78 is 4.57. The van der Waals surface area contributed by atoms with E-state index in [4.69, 9.17) is 0 Å². The van der Waals surface area contributed by atoms with Crippen molar-refractivity contribution in [1.29, 1.82) is 0 Å². The minimum atomic E-state index is -0.805. The zero-order chi connectivity index (χ0) is 12.0. The van der Waals surface area contributed by atoms with Crippen molar-refractivity contribution in [3.8, 4) is 0 Å². The summed E-state index contributed by atoms with van der Waals surface area (Å²) in [6.45, 7) is 2.11. The fourth-order valence-electron chi connectivity index (χ4n) is 1.58. The van der Waals surface area contributed by atoms with Crippen molar-refractivity contribution in [2.24, 2.45) is 0 Å². The third-order valence-electron chi connectivity index (χ3n) is 2.47. The molecule has 0 bridgehead atoms. The highest BCUT2D eigenvalue weighted by molar-refractivity contribution is 5.94. The van der Waals surface area contributed by atoms with Gasteiger partial charge in [0.2, 0.25) is 0 Å². The van der Waals surface area contributed by atoms with E-state index in [-0.39, 0.29) is 0 Å². The van der Waals surface area contributed by atoms with E-state index in [1.54, 1.807) is 12.1 Å². The van der Waals surface area contributed by atoms with E-state index in [1.807, 2.05) is 12.1 Å². The largest absolute Gasteiger partial charge is 0.468 e. The van der Waals surface area contributed by atoms with Gasteiger partial charge in [-0.2, -0.15) is 0 Å². The summed E-state index contributed by atoms with van der Waals surface area (Å²) in [5, 5.41) is 0. The maximum absolute atomic E-state index is 11.3. The van der Waals surface area contributed by atoms with Gasteiger partial charge in [0, 0.05) is 0 Å². The molecule has 1 atom stereocenters. The average Bonchev–Trinajstić information content (AvgIpc) is 2.32. The lowest BCUT2D eigenvalue weighted by molar-refractivity contribution is -0.143. The van der Waals surface area contributed by atoms with Gasteiger partial charge in [0.15, 0.2) is 0 Å². The van der Waals surface area contributed by atoms with Crippen molar-refractivity contribution in [3.05, 3.63) is 35.4 Å². The third kappa shape index (κ3) is 2.92. The molecule has 0 aliphatic heterocycles. The predicted molar refractivity (Wildman–Crippen MR) is 61.3 cm³/mol. The Morgan fingerprint density at radius 1 is 1.38 bits per heavy atom. The number of hydrogen-bond acceptors (Lipinski definition) is 3. The van der Waals surface area contributed by atoms with E-state index in [2.05, 4.69) is 11.7 Å². The summed E-state index contributed by atoms with van der Waals surface area (Å²) >= 11 is 0. The first-order chi connectivity index (χ1) is 7.72. The molecule has 1 aromatic carbocycles. The summed E-state index contributed by atoms with van der Waals surface area (Å²) in [4.78, 5) is 22.1. The first kappa shape index (κ1) is 12.4. The first-order valence-corrected chi connectivity index (χ1v) is 5.34. The maximum atomic E-state index is 11.3. The molecule has 0 aliphatic carbocycles. The van der Waals surface area contributed by atoms with Gasteiger partial charge in [-0.25, -0.2) is 0 Å². The lowest BCUT2D eigenvalue weighted by atomic mass is 9.98. The molecule has 0 amide bonds. The van der Waals surface area contributed by atoms with E-state index >= 15 is 0 Å². The van der Waals surface area contributed by atoms with E-state index in [1.165, 1.54) is 12.7 Å². The van der Waals surface area contributed by atoms with Crippen LogP contribution in [-0.4, -0.2) is 19.4 Å². The Labute approximate surface area is 95.4 Å². The van der Waals surface area contributed by atoms with Crippen LogP contribution < -0.4 is 0 Å². The molecule has 0 N–H and O–H groups in total. The van der Waals surface area contributed by atoms with Gasteiger partial charge < -0.3 is 9.53 Å². The third-order valence-corrected chi connectivity index (χ3v) is 2.47. The van der Waals surface area contributed by atoms with E-state index < -0.39 is 11.9 Å². The van der Waals surface area contributed by atoms with Gasteiger partial charge in [0.25, 0.3) is 0 Å². The molecule has 0 radical (unpaired) electrons. The van der Waals surface area contributed by atoms with Gasteiger partial charge in [-0.3, -0.25) is 4.79 Å². The van der Waals surface area contributed by atoms with Crippen LogP contribution in [0.2, 0.25) is 0 Å². The van der Waals surface area contributed by atoms with E-state index in [0.717, 1.165) is 12.8 Å². The second kappa shape index (κ2) is 6.05. The van der Waals surface area contributed by atoms with Gasteiger partial charge in [0.1, 0.15) is 12.2 Å². The Kier molecular flexibility index (Phi) is 4.70. The second-order valence-electron chi connectivity index (χ2n) is 3.63. The summed E-state index contributed by atoms with van der Waals surface area (Å²) in [6.07, 6.45) is 2.69. The van der Waals surface area contributed by atoms with Crippen LogP contribution >= 0.6 is 0 Å². The molecule has 0 aliphatic rings. The number of methoxy groups -OCH3 is 1. The monoisotopic (exact) mass is 220 g/mol. The summed E-state index contributed by atoms with van der Waals surface area (Å²) in [7, 11) is 1.28. The Balaban J connectivity index is 2.86. The van der Waals surface area contributed by atoms with Gasteiger partial charge in [-0.05, 0) is 17.5 Å². The standard InChI is InChI=1S/C13H16O3/c1-3-4-10-5-7-11(8-6-10)12(9-14)13(15)16-2/h5-9,12H,3-4H2,1-2H3. The number of benzene rings is 1. The topological polar surface area (TPSA) is 43.4 Å². The van der Waals surface area contributed by atoms with Crippen LogP contribution in [0.1, 0.15) is 30.4 Å². The highest BCUT2D eigenvalue weighted by Crippen LogP contribution is 2.16. The highest BCUT2D eigenvalue weighted by Gasteiger charge is 2.20. The minimum absolute atomic E-state index is 0.516. The molecular formula is C13H16O3. The fraction of sp³-hybridized carbons (Fsp3) is 0.385. The fourth-order valence-corrected chi connectivity index (χ4v) is 1.58. The van der Waals surface area contributed by atoms with E-state index in [0.29, 0.717) is 11.8 Å². The maximum Gasteiger partial charge on any atom is 0.320 e. The molecule has 0 aromatic heterocycles. The highest BCUT2D eigenvalue weighted by atomic mass is 16.5. The van der Waals surface area contributed by atoms with Crippen LogP contribution in [-0.2, 0) is 20.7 Å². The summed E-state index contributed by atoms with van der Waals surface area (Å²) in [6, 6.07) is 7.50. The van der Waals surface area contributed by atoms with Crippen molar-refractivity contribution in [1.82, 2.24) is 0 Å². The number of carbonyl (C=O) groups excluding carboxylic acids is 2. The lowest BCUT2D eigenvalue weighted by Crippen LogP contribution is -2.15. The normalized spacial score (nSPS) is 11.9. The van der Waals surface area contributed by atoms with Gasteiger partial charge in [-0.1, -0.05) is 37.6 Å². The van der Waals surface area contributed by atoms with Crippen molar-refractivity contribution in [3.63, 3.8) is 0 Å². The van der Waals surface area contributed by atoms with Gasteiger partial charge in [0.05, 0.1) is 7.11 Å². The zero-order valence-corrected chi connectivity index (χ0v) is 9.60. The van der Waals surface area contributed by atoms with Gasteiger partial charge in [-0.15, -0.1) is 0 Å². The average molecular weight is 220 g/mol. The van der Waals surface area contributed by atoms with Crippen molar-refractivity contribution in [2.75, 3.05) is 7.11 Å². The predicted octanol–water partition coefficient (Wildman–Crippen LogP) is 2.09. The lowest BCUT2D eigenvalue weighted by Gasteiger charge is -2.08. The number of carbonyl (C=O) groups is 2. The van der Waals surface area contributed by atoms with Crippen molar-refractivity contribution in [2.45, 2.75) is 25.7 Å². The number of hydrogen-bond donors (Lipinski definition) is 0. The van der Waals surface area contributed by atoms with Crippen LogP contribution in [0, 0.1) is 0 Å². The molecule has 86 valence electrons. The smallest absolute Gasteiger partial charge is 0.320 e. The van der Waals surface area contributed by atoms with Crippen LogP contribution in [0.15, 0.2) is 24.3 Å². The molecule has 0 heterocycles. The van der Waals surface area contributed by atoms with Crippen molar-refractivity contribution < 1.29 is 14.3 Å². The molecule has 16 heavy (non-hydrogen) atoms. The molecule has 1 unspecified atom stereocenters. The second-order valence-corrected chi connectivity index (χ2v) is 3.63. The van der Waals surface area contributed by atoms with E-state index in [9.17, 15) is 9.59 Å². The molecule has 3 nitrogen and oxygen atoms in total. The Morgan fingerprint density at radius 2 is 2.00 bits per heavy atom. The molecule has 1 rings (SSSR count). The Morgan fingerprint density at radius 3 is 2.44 bits per heavy atom. The number of rotatable bonds is 5. The van der Waals surface area contributed by atoms with Crippen molar-refractivity contribution >= 4 is 12.3 Å². The van der Waals surface area contributed by atoms with Crippen LogP contribution in [0.25, 0.3) is 0 Å². The number of esters is 1. The van der Waals surface area contributed by atoms with Crippen LogP contribution in [0.3, 0.4) is 0 Å². The van der Waals surface area contributed by atoms with Gasteiger partial charge >= 0.3 is 5.97 Å². The molecular weight excluding hydrogens is 204 g/mol. The number of aldehydes is 1. The Hall–Kier alpha value is -1.64.